The predicted molar refractivity (Wildman–Crippen MR) is 118 cm³/mol. The number of aromatic nitrogens is 4. The molecule has 0 aliphatic heterocycles. The summed E-state index contributed by atoms with van der Waals surface area (Å²) in [5.41, 5.74) is 10.5. The molecule has 0 bridgehead atoms. The van der Waals surface area contributed by atoms with Crippen molar-refractivity contribution in [1.82, 2.24) is 19.4 Å². The van der Waals surface area contributed by atoms with Crippen LogP contribution in [0.25, 0.3) is 17.0 Å². The standard InChI is InChI=1S/C21H17N7OS/c22-19-15(4-3-8-23-19)26-20(29)13-6-7-14(10-13)25-21-27-16(12-30-21)17-11-24-18-5-1-2-9-28(17)18/h1-9,11-12H,10H2,(H2,22,23)(H,25,27)(H,26,29). The summed E-state index contributed by atoms with van der Waals surface area (Å²) < 4.78 is 2.00. The maximum absolute atomic E-state index is 12.5. The quantitative estimate of drug-likeness (QED) is 0.458. The van der Waals surface area contributed by atoms with Gasteiger partial charge >= 0.3 is 0 Å². The first-order valence-electron chi connectivity index (χ1n) is 9.24. The van der Waals surface area contributed by atoms with Gasteiger partial charge in [0, 0.05) is 35.5 Å². The molecule has 0 unspecified atom stereocenters. The predicted octanol–water partition coefficient (Wildman–Crippen LogP) is 3.70. The van der Waals surface area contributed by atoms with Crippen LogP contribution in [0.5, 0.6) is 0 Å². The molecule has 1 aliphatic carbocycles. The zero-order valence-electron chi connectivity index (χ0n) is 15.7. The molecule has 0 radical (unpaired) electrons. The molecule has 148 valence electrons. The largest absolute Gasteiger partial charge is 0.382 e. The Morgan fingerprint density at radius 1 is 1.17 bits per heavy atom. The van der Waals surface area contributed by atoms with Gasteiger partial charge in [-0.3, -0.25) is 9.20 Å². The fraction of sp³-hybridized carbons (Fsp3) is 0.0476. The van der Waals surface area contributed by atoms with Crippen molar-refractivity contribution in [3.05, 3.63) is 77.7 Å². The number of anilines is 3. The molecular weight excluding hydrogens is 398 g/mol. The van der Waals surface area contributed by atoms with E-state index in [4.69, 9.17) is 5.73 Å². The van der Waals surface area contributed by atoms with E-state index in [-0.39, 0.29) is 5.91 Å². The number of hydrogen-bond donors (Lipinski definition) is 3. The van der Waals surface area contributed by atoms with Gasteiger partial charge in [-0.15, -0.1) is 11.3 Å². The number of allylic oxidation sites excluding steroid dienone is 3. The number of nitrogens with zero attached hydrogens (tertiary/aromatic N) is 4. The molecule has 5 rings (SSSR count). The number of nitrogens with one attached hydrogen (secondary N) is 2. The summed E-state index contributed by atoms with van der Waals surface area (Å²) in [7, 11) is 0. The lowest BCUT2D eigenvalue weighted by molar-refractivity contribution is -0.112. The first kappa shape index (κ1) is 18.1. The van der Waals surface area contributed by atoms with Crippen molar-refractivity contribution in [3.8, 4) is 11.4 Å². The van der Waals surface area contributed by atoms with E-state index in [9.17, 15) is 4.79 Å². The molecule has 0 aromatic carbocycles. The Balaban J connectivity index is 1.24. The zero-order chi connectivity index (χ0) is 20.5. The Morgan fingerprint density at radius 3 is 3.00 bits per heavy atom. The van der Waals surface area contributed by atoms with Gasteiger partial charge in [0.15, 0.2) is 5.13 Å². The summed E-state index contributed by atoms with van der Waals surface area (Å²) in [6.07, 6.45) is 9.53. The molecule has 1 aliphatic rings. The minimum absolute atomic E-state index is 0.201. The molecule has 4 N–H and O–H groups in total. The van der Waals surface area contributed by atoms with Crippen LogP contribution in [0.4, 0.5) is 16.6 Å². The fourth-order valence-corrected chi connectivity index (χ4v) is 3.94. The van der Waals surface area contributed by atoms with E-state index in [1.165, 1.54) is 11.3 Å². The van der Waals surface area contributed by atoms with E-state index >= 15 is 0 Å². The summed E-state index contributed by atoms with van der Waals surface area (Å²) in [6.45, 7) is 0. The number of thiazole rings is 1. The Labute approximate surface area is 175 Å². The Morgan fingerprint density at radius 2 is 2.10 bits per heavy atom. The van der Waals surface area contributed by atoms with Crippen LogP contribution in [0.3, 0.4) is 0 Å². The lowest BCUT2D eigenvalue weighted by atomic mass is 10.2. The lowest BCUT2D eigenvalue weighted by Crippen LogP contribution is -2.15. The summed E-state index contributed by atoms with van der Waals surface area (Å²) in [6, 6.07) is 9.32. The monoisotopic (exact) mass is 415 g/mol. The normalized spacial score (nSPS) is 13.2. The molecule has 9 heteroatoms. The number of nitrogen functional groups attached to an aromatic ring is 1. The van der Waals surface area contributed by atoms with E-state index in [0.29, 0.717) is 23.5 Å². The van der Waals surface area contributed by atoms with Gasteiger partial charge in [0.05, 0.1) is 17.6 Å². The number of carbonyl (C=O) groups excluding carboxylic acids is 1. The van der Waals surface area contributed by atoms with Crippen molar-refractivity contribution in [1.29, 1.82) is 0 Å². The third kappa shape index (κ3) is 3.42. The van der Waals surface area contributed by atoms with Gasteiger partial charge in [0.1, 0.15) is 17.2 Å². The number of carbonyl (C=O) groups is 1. The highest BCUT2D eigenvalue weighted by molar-refractivity contribution is 7.14. The summed E-state index contributed by atoms with van der Waals surface area (Å²) >= 11 is 1.50. The van der Waals surface area contributed by atoms with Gasteiger partial charge in [-0.2, -0.15) is 0 Å². The highest BCUT2D eigenvalue weighted by Gasteiger charge is 2.18. The molecule has 1 amide bonds. The molecule has 0 atom stereocenters. The number of fused-ring (bicyclic) bond motifs is 1. The summed E-state index contributed by atoms with van der Waals surface area (Å²) in [4.78, 5) is 25.6. The van der Waals surface area contributed by atoms with Crippen LogP contribution in [0, 0.1) is 0 Å². The summed E-state index contributed by atoms with van der Waals surface area (Å²) in [5.74, 6) is 0.0896. The van der Waals surface area contributed by atoms with Crippen molar-refractivity contribution in [2.24, 2.45) is 0 Å². The third-order valence-electron chi connectivity index (χ3n) is 4.70. The van der Waals surface area contributed by atoms with Crippen LogP contribution >= 0.6 is 11.3 Å². The van der Waals surface area contributed by atoms with Gasteiger partial charge in [-0.1, -0.05) is 12.1 Å². The van der Waals surface area contributed by atoms with Crippen LogP contribution < -0.4 is 16.4 Å². The van der Waals surface area contributed by atoms with E-state index in [1.54, 1.807) is 24.4 Å². The number of rotatable bonds is 5. The molecule has 4 aromatic heterocycles. The highest BCUT2D eigenvalue weighted by atomic mass is 32.1. The number of imidazole rings is 1. The van der Waals surface area contributed by atoms with E-state index in [1.807, 2.05) is 46.4 Å². The smallest absolute Gasteiger partial charge is 0.252 e. The highest BCUT2D eigenvalue weighted by Crippen LogP contribution is 2.29. The second-order valence-electron chi connectivity index (χ2n) is 6.69. The van der Waals surface area contributed by atoms with Crippen molar-refractivity contribution in [3.63, 3.8) is 0 Å². The second-order valence-corrected chi connectivity index (χ2v) is 7.54. The van der Waals surface area contributed by atoms with Gasteiger partial charge in [-0.25, -0.2) is 15.0 Å². The topological polar surface area (TPSA) is 110 Å². The van der Waals surface area contributed by atoms with E-state index in [0.717, 1.165) is 27.9 Å². The first-order valence-corrected chi connectivity index (χ1v) is 10.1. The van der Waals surface area contributed by atoms with Crippen molar-refractivity contribution >= 4 is 39.5 Å². The molecule has 4 heterocycles. The fourth-order valence-electron chi connectivity index (χ4n) is 3.20. The van der Waals surface area contributed by atoms with Gasteiger partial charge in [0.25, 0.3) is 5.91 Å². The minimum Gasteiger partial charge on any atom is -0.382 e. The number of amides is 1. The minimum atomic E-state index is -0.201. The SMILES string of the molecule is Nc1ncccc1NC(=O)C1=CC=C(Nc2nc(-c3cnc4ccccn34)cs2)C1. The average molecular weight is 415 g/mol. The van der Waals surface area contributed by atoms with Gasteiger partial charge in [-0.05, 0) is 30.3 Å². The van der Waals surface area contributed by atoms with Gasteiger partial charge < -0.3 is 16.4 Å². The van der Waals surface area contributed by atoms with Crippen LogP contribution in [-0.4, -0.2) is 25.3 Å². The van der Waals surface area contributed by atoms with Crippen LogP contribution in [-0.2, 0) is 4.79 Å². The van der Waals surface area contributed by atoms with Crippen LogP contribution in [0.2, 0.25) is 0 Å². The second kappa shape index (κ2) is 7.45. The van der Waals surface area contributed by atoms with Crippen molar-refractivity contribution in [2.45, 2.75) is 6.42 Å². The van der Waals surface area contributed by atoms with Crippen molar-refractivity contribution < 1.29 is 4.79 Å². The Kier molecular flexibility index (Phi) is 4.49. The Bertz CT molecular complexity index is 1320. The van der Waals surface area contributed by atoms with E-state index < -0.39 is 0 Å². The van der Waals surface area contributed by atoms with Gasteiger partial charge in [0.2, 0.25) is 0 Å². The molecule has 4 aromatic rings. The number of hydrogen-bond acceptors (Lipinski definition) is 7. The molecule has 30 heavy (non-hydrogen) atoms. The maximum atomic E-state index is 12.5. The number of nitrogens with two attached hydrogens (primary N) is 1. The Hall–Kier alpha value is -3.98. The van der Waals surface area contributed by atoms with E-state index in [2.05, 4.69) is 25.6 Å². The molecule has 8 nitrogen and oxygen atoms in total. The van der Waals surface area contributed by atoms with Crippen LogP contribution in [0.1, 0.15) is 6.42 Å². The molecule has 0 spiro atoms. The zero-order valence-corrected chi connectivity index (χ0v) is 16.6. The van der Waals surface area contributed by atoms with Crippen molar-refractivity contribution in [2.75, 3.05) is 16.4 Å². The molecular formula is C21H17N7OS. The average Bonchev–Trinajstić information content (AvgIpc) is 3.49. The third-order valence-corrected chi connectivity index (χ3v) is 5.45. The summed E-state index contributed by atoms with van der Waals surface area (Å²) in [5, 5.41) is 8.84. The first-order chi connectivity index (χ1) is 14.7. The molecule has 0 fully saturated rings. The lowest BCUT2D eigenvalue weighted by Gasteiger charge is -2.09. The number of pyridine rings is 2. The molecule has 0 saturated heterocycles. The molecule has 0 saturated carbocycles. The van der Waals surface area contributed by atoms with Crippen LogP contribution in [0.15, 0.2) is 77.7 Å². The maximum Gasteiger partial charge on any atom is 0.252 e.